The van der Waals surface area contributed by atoms with Crippen LogP contribution in [0.3, 0.4) is 0 Å². The van der Waals surface area contributed by atoms with Crippen molar-refractivity contribution in [3.8, 4) is 0 Å². The summed E-state index contributed by atoms with van der Waals surface area (Å²) < 4.78 is 27.0. The van der Waals surface area contributed by atoms with Crippen LogP contribution in [-0.4, -0.2) is 13.4 Å². The Morgan fingerprint density at radius 1 is 1.15 bits per heavy atom. The first-order valence-electron chi connectivity index (χ1n) is 6.39. The van der Waals surface area contributed by atoms with Crippen LogP contribution in [0, 0.1) is 0 Å². The monoisotopic (exact) mass is 286 g/mol. The number of benzene rings is 1. The number of nitrogens with zero attached hydrogens (tertiary/aromatic N) is 2. The van der Waals surface area contributed by atoms with Crippen molar-refractivity contribution >= 4 is 21.8 Å². The quantitative estimate of drug-likeness (QED) is 0.852. The summed E-state index contributed by atoms with van der Waals surface area (Å²) in [5.74, 6) is 0. The maximum atomic E-state index is 12.8. The van der Waals surface area contributed by atoms with Gasteiger partial charge in [0.25, 0.3) is 10.0 Å². The van der Waals surface area contributed by atoms with Crippen LogP contribution >= 0.6 is 0 Å². The SMILES string of the molecule is CCC1=Cc2ccncc2S(=O)(=O)N1c1ccccc1. The fourth-order valence-electron chi connectivity index (χ4n) is 2.33. The van der Waals surface area contributed by atoms with Gasteiger partial charge in [-0.05, 0) is 36.3 Å². The van der Waals surface area contributed by atoms with Gasteiger partial charge in [-0.1, -0.05) is 25.1 Å². The molecule has 0 bridgehead atoms. The number of pyridine rings is 1. The van der Waals surface area contributed by atoms with Crippen LogP contribution in [-0.2, 0) is 10.0 Å². The zero-order chi connectivity index (χ0) is 14.2. The van der Waals surface area contributed by atoms with Gasteiger partial charge in [0, 0.05) is 18.1 Å². The highest BCUT2D eigenvalue weighted by Crippen LogP contribution is 2.35. The molecule has 0 fully saturated rings. The Hall–Kier alpha value is -2.14. The second-order valence-corrected chi connectivity index (χ2v) is 6.26. The molecule has 0 radical (unpaired) electrons. The van der Waals surface area contributed by atoms with E-state index < -0.39 is 10.0 Å². The van der Waals surface area contributed by atoms with Crippen molar-refractivity contribution in [2.75, 3.05) is 4.31 Å². The molecule has 1 aliphatic heterocycles. The zero-order valence-electron chi connectivity index (χ0n) is 11.0. The molecule has 1 aromatic carbocycles. The summed E-state index contributed by atoms with van der Waals surface area (Å²) in [6.45, 7) is 1.95. The number of hydrogen-bond donors (Lipinski definition) is 0. The number of anilines is 1. The summed E-state index contributed by atoms with van der Waals surface area (Å²) >= 11 is 0. The average molecular weight is 286 g/mol. The molecule has 0 amide bonds. The molecule has 102 valence electrons. The molecule has 2 aromatic rings. The second kappa shape index (κ2) is 4.76. The fourth-order valence-corrected chi connectivity index (χ4v) is 4.04. The van der Waals surface area contributed by atoms with Gasteiger partial charge in [-0.3, -0.25) is 4.98 Å². The molecule has 1 aliphatic rings. The first-order valence-corrected chi connectivity index (χ1v) is 7.83. The van der Waals surface area contributed by atoms with Gasteiger partial charge in [0.1, 0.15) is 4.90 Å². The summed E-state index contributed by atoms with van der Waals surface area (Å²) in [6, 6.07) is 10.8. The van der Waals surface area contributed by atoms with E-state index in [1.807, 2.05) is 31.2 Å². The van der Waals surface area contributed by atoms with Gasteiger partial charge in [0.05, 0.1) is 5.69 Å². The molecule has 0 spiro atoms. The molecular weight excluding hydrogens is 272 g/mol. The molecule has 20 heavy (non-hydrogen) atoms. The van der Waals surface area contributed by atoms with E-state index in [9.17, 15) is 8.42 Å². The van der Waals surface area contributed by atoms with Crippen LogP contribution in [0.15, 0.2) is 59.4 Å². The second-order valence-electron chi connectivity index (χ2n) is 4.51. The van der Waals surface area contributed by atoms with Gasteiger partial charge < -0.3 is 0 Å². The number of fused-ring (bicyclic) bond motifs is 1. The standard InChI is InChI=1S/C15H14N2O2S/c1-2-13-10-12-8-9-16-11-15(12)20(18,19)17(13)14-6-4-3-5-7-14/h3-11H,2H2,1H3. The number of hydrogen-bond acceptors (Lipinski definition) is 3. The Morgan fingerprint density at radius 2 is 1.90 bits per heavy atom. The lowest BCUT2D eigenvalue weighted by atomic mass is 10.2. The van der Waals surface area contributed by atoms with Crippen LogP contribution in [0.4, 0.5) is 5.69 Å². The van der Waals surface area contributed by atoms with Crippen molar-refractivity contribution in [1.29, 1.82) is 0 Å². The molecule has 3 rings (SSSR count). The lowest BCUT2D eigenvalue weighted by molar-refractivity contribution is 0.592. The average Bonchev–Trinajstić information content (AvgIpc) is 2.47. The normalized spacial score (nSPS) is 16.4. The largest absolute Gasteiger partial charge is 0.270 e. The van der Waals surface area contributed by atoms with E-state index in [2.05, 4.69) is 4.98 Å². The van der Waals surface area contributed by atoms with Crippen molar-refractivity contribution in [2.45, 2.75) is 18.2 Å². The minimum atomic E-state index is -3.59. The first kappa shape index (κ1) is 12.9. The van der Waals surface area contributed by atoms with Crippen LogP contribution in [0.1, 0.15) is 18.9 Å². The van der Waals surface area contributed by atoms with Crippen LogP contribution < -0.4 is 4.31 Å². The van der Waals surface area contributed by atoms with Crippen LogP contribution in [0.5, 0.6) is 0 Å². The lowest BCUT2D eigenvalue weighted by Crippen LogP contribution is -2.33. The third-order valence-electron chi connectivity index (χ3n) is 3.27. The fraction of sp³-hybridized carbons (Fsp3) is 0.133. The molecule has 2 heterocycles. The molecule has 0 N–H and O–H groups in total. The Balaban J connectivity index is 2.26. The number of para-hydroxylation sites is 1. The summed E-state index contributed by atoms with van der Waals surface area (Å²) in [4.78, 5) is 4.19. The predicted molar refractivity (Wildman–Crippen MR) is 78.6 cm³/mol. The van der Waals surface area contributed by atoms with Gasteiger partial charge in [0.2, 0.25) is 0 Å². The molecule has 1 aromatic heterocycles. The van der Waals surface area contributed by atoms with Gasteiger partial charge in [-0.25, -0.2) is 12.7 Å². The van der Waals surface area contributed by atoms with Crippen molar-refractivity contribution in [3.05, 3.63) is 60.1 Å². The van der Waals surface area contributed by atoms with E-state index in [1.54, 1.807) is 24.4 Å². The van der Waals surface area contributed by atoms with Gasteiger partial charge in [-0.2, -0.15) is 0 Å². The summed E-state index contributed by atoms with van der Waals surface area (Å²) in [7, 11) is -3.59. The van der Waals surface area contributed by atoms with Crippen molar-refractivity contribution < 1.29 is 8.42 Å². The third-order valence-corrected chi connectivity index (χ3v) is 5.09. The lowest BCUT2D eigenvalue weighted by Gasteiger charge is -2.30. The molecule has 5 heteroatoms. The molecular formula is C15H14N2O2S. The van der Waals surface area contributed by atoms with E-state index in [4.69, 9.17) is 0 Å². The number of rotatable bonds is 2. The molecule has 4 nitrogen and oxygen atoms in total. The summed E-state index contributed by atoms with van der Waals surface area (Å²) in [5, 5.41) is 0. The van der Waals surface area contributed by atoms with E-state index in [0.29, 0.717) is 17.7 Å². The highest BCUT2D eigenvalue weighted by molar-refractivity contribution is 7.93. The minimum Gasteiger partial charge on any atom is -0.263 e. The first-order chi connectivity index (χ1) is 9.64. The van der Waals surface area contributed by atoms with Crippen LogP contribution in [0.25, 0.3) is 6.08 Å². The number of aromatic nitrogens is 1. The molecule has 0 aliphatic carbocycles. The Morgan fingerprint density at radius 3 is 2.60 bits per heavy atom. The number of allylic oxidation sites excluding steroid dienone is 1. The highest BCUT2D eigenvalue weighted by atomic mass is 32.2. The molecule has 0 unspecified atom stereocenters. The molecule has 0 saturated heterocycles. The minimum absolute atomic E-state index is 0.251. The van der Waals surface area contributed by atoms with Crippen molar-refractivity contribution in [2.24, 2.45) is 0 Å². The molecule has 0 saturated carbocycles. The Kier molecular flexibility index (Phi) is 3.06. The van der Waals surface area contributed by atoms with E-state index in [1.165, 1.54) is 10.5 Å². The van der Waals surface area contributed by atoms with Crippen molar-refractivity contribution in [1.82, 2.24) is 4.98 Å². The smallest absolute Gasteiger partial charge is 0.263 e. The summed E-state index contributed by atoms with van der Waals surface area (Å²) in [5.41, 5.74) is 2.11. The van der Waals surface area contributed by atoms with E-state index in [-0.39, 0.29) is 4.90 Å². The number of sulfonamides is 1. The zero-order valence-corrected chi connectivity index (χ0v) is 11.8. The van der Waals surface area contributed by atoms with E-state index in [0.717, 1.165) is 5.70 Å². The maximum Gasteiger partial charge on any atom is 0.270 e. The Labute approximate surface area is 118 Å². The van der Waals surface area contributed by atoms with Gasteiger partial charge in [0.15, 0.2) is 0 Å². The summed E-state index contributed by atoms with van der Waals surface area (Å²) in [6.07, 6.45) is 5.56. The van der Waals surface area contributed by atoms with Crippen LogP contribution in [0.2, 0.25) is 0 Å². The Bertz CT molecular complexity index is 767. The third kappa shape index (κ3) is 1.91. The van der Waals surface area contributed by atoms with E-state index >= 15 is 0 Å². The van der Waals surface area contributed by atoms with Crippen molar-refractivity contribution in [3.63, 3.8) is 0 Å². The predicted octanol–water partition coefficient (Wildman–Crippen LogP) is 3.04. The topological polar surface area (TPSA) is 50.3 Å². The van der Waals surface area contributed by atoms with Gasteiger partial charge in [-0.15, -0.1) is 0 Å². The highest BCUT2D eigenvalue weighted by Gasteiger charge is 2.33. The molecule has 0 atom stereocenters. The van der Waals surface area contributed by atoms with Gasteiger partial charge >= 0.3 is 0 Å². The maximum absolute atomic E-state index is 12.8.